The lowest BCUT2D eigenvalue weighted by Gasteiger charge is -2.31. The molecule has 140 valence electrons. The van der Waals surface area contributed by atoms with E-state index in [1.165, 1.54) is 9.78 Å². The normalized spacial score (nSPS) is 16.1. The molecule has 0 saturated carbocycles. The lowest BCUT2D eigenvalue weighted by atomic mass is 10.1. The molecule has 1 amide bonds. The summed E-state index contributed by atoms with van der Waals surface area (Å²) < 4.78 is 16.0. The highest BCUT2D eigenvalue weighted by Gasteiger charge is 2.27. The van der Waals surface area contributed by atoms with Crippen molar-refractivity contribution in [3.63, 3.8) is 0 Å². The molecule has 6 nitrogen and oxygen atoms in total. The van der Waals surface area contributed by atoms with Gasteiger partial charge in [-0.25, -0.2) is 0 Å². The van der Waals surface area contributed by atoms with Crippen LogP contribution in [0.4, 0.5) is 0 Å². The highest BCUT2D eigenvalue weighted by atomic mass is 32.1. The van der Waals surface area contributed by atoms with Crippen LogP contribution in [0.1, 0.15) is 21.3 Å². The van der Waals surface area contributed by atoms with Gasteiger partial charge in [0.25, 0.3) is 5.91 Å². The minimum Gasteiger partial charge on any atom is -0.493 e. The Morgan fingerprint density at radius 2 is 2.00 bits per heavy atom. The number of nitrogens with one attached hydrogen (secondary N) is 2. The summed E-state index contributed by atoms with van der Waals surface area (Å²) in [7, 11) is 3.14. The second-order valence-corrected chi connectivity index (χ2v) is 7.10. The van der Waals surface area contributed by atoms with Gasteiger partial charge in [0.15, 0.2) is 11.5 Å². The first kappa shape index (κ1) is 18.7. The molecular weight excluding hydrogens is 352 g/mol. The molecule has 2 heterocycles. The van der Waals surface area contributed by atoms with Crippen LogP contribution in [0.25, 0.3) is 0 Å². The van der Waals surface area contributed by atoms with Crippen LogP contribution in [0.5, 0.6) is 11.5 Å². The number of ether oxygens (including phenoxy) is 3. The minimum atomic E-state index is -0.111. The van der Waals surface area contributed by atoms with Gasteiger partial charge in [0.1, 0.15) is 19.1 Å². The fraction of sp³-hybridized carbons (Fsp3) is 0.421. The van der Waals surface area contributed by atoms with Gasteiger partial charge in [0, 0.05) is 5.56 Å². The zero-order chi connectivity index (χ0) is 18.4. The van der Waals surface area contributed by atoms with E-state index in [2.05, 4.69) is 22.8 Å². The van der Waals surface area contributed by atoms with Gasteiger partial charge < -0.3 is 24.4 Å². The lowest BCUT2D eigenvalue weighted by Crippen LogP contribution is -3.15. The Hall–Kier alpha value is -2.09. The molecule has 2 aromatic rings. The van der Waals surface area contributed by atoms with Gasteiger partial charge in [-0.1, -0.05) is 6.07 Å². The van der Waals surface area contributed by atoms with E-state index in [0.29, 0.717) is 23.6 Å². The van der Waals surface area contributed by atoms with Crippen molar-refractivity contribution in [3.8, 4) is 11.5 Å². The van der Waals surface area contributed by atoms with Crippen molar-refractivity contribution in [2.24, 2.45) is 0 Å². The van der Waals surface area contributed by atoms with E-state index >= 15 is 0 Å². The number of hydrogen-bond acceptors (Lipinski definition) is 5. The maximum Gasteiger partial charge on any atom is 0.251 e. The molecule has 1 saturated heterocycles. The number of morpholine rings is 1. The number of rotatable bonds is 7. The average molecular weight is 377 g/mol. The first-order chi connectivity index (χ1) is 12.7. The quantitative estimate of drug-likeness (QED) is 0.760. The number of benzene rings is 1. The maximum atomic E-state index is 12.6. The summed E-state index contributed by atoms with van der Waals surface area (Å²) in [6.07, 6.45) is 0. The van der Waals surface area contributed by atoms with Gasteiger partial charge in [0.05, 0.1) is 38.9 Å². The van der Waals surface area contributed by atoms with E-state index in [1.807, 2.05) is 0 Å². The van der Waals surface area contributed by atoms with Gasteiger partial charge in [-0.05, 0) is 29.6 Å². The molecule has 1 aromatic heterocycles. The molecular formula is C19H25N2O4S+. The molecule has 0 unspecified atom stereocenters. The Labute approximate surface area is 157 Å². The fourth-order valence-electron chi connectivity index (χ4n) is 3.19. The van der Waals surface area contributed by atoms with Gasteiger partial charge in [-0.2, -0.15) is 0 Å². The smallest absolute Gasteiger partial charge is 0.251 e. The summed E-state index contributed by atoms with van der Waals surface area (Å²) in [5.74, 6) is 1.05. The van der Waals surface area contributed by atoms with Crippen LogP contribution in [0.3, 0.4) is 0 Å². The van der Waals surface area contributed by atoms with Crippen LogP contribution < -0.4 is 19.7 Å². The van der Waals surface area contributed by atoms with Crippen LogP contribution >= 0.6 is 11.3 Å². The van der Waals surface area contributed by atoms with E-state index in [1.54, 1.807) is 43.8 Å². The molecule has 2 N–H and O–H groups in total. The predicted molar refractivity (Wildman–Crippen MR) is 100 cm³/mol. The van der Waals surface area contributed by atoms with Crippen LogP contribution in [0, 0.1) is 0 Å². The minimum absolute atomic E-state index is 0.111. The zero-order valence-corrected chi connectivity index (χ0v) is 15.9. The molecule has 1 aliphatic heterocycles. The number of thiophene rings is 1. The predicted octanol–water partition coefficient (Wildman–Crippen LogP) is 1.15. The van der Waals surface area contributed by atoms with Crippen LogP contribution in [0.15, 0.2) is 35.7 Å². The van der Waals surface area contributed by atoms with Gasteiger partial charge in [-0.15, -0.1) is 11.3 Å². The van der Waals surface area contributed by atoms with Crippen molar-refractivity contribution in [2.45, 2.75) is 6.04 Å². The fourth-order valence-corrected chi connectivity index (χ4v) is 4.08. The van der Waals surface area contributed by atoms with Gasteiger partial charge in [-0.3, -0.25) is 4.79 Å². The highest BCUT2D eigenvalue weighted by Crippen LogP contribution is 2.27. The second-order valence-electron chi connectivity index (χ2n) is 6.12. The Balaban J connectivity index is 1.69. The van der Waals surface area contributed by atoms with Crippen LogP contribution in [0.2, 0.25) is 0 Å². The third-order valence-electron chi connectivity index (χ3n) is 4.63. The average Bonchev–Trinajstić information content (AvgIpc) is 3.22. The standard InChI is InChI=1S/C19H24N2O4S/c1-23-16-6-5-14(12-17(16)24-2)19(22)20-13-15(18-4-3-11-26-18)21-7-9-25-10-8-21/h3-6,11-12,15H,7-10,13H2,1-2H3,(H,20,22)/p+1/t15-/m1/s1. The van der Waals surface area contributed by atoms with Gasteiger partial charge >= 0.3 is 0 Å². The summed E-state index contributed by atoms with van der Waals surface area (Å²) in [6.45, 7) is 4.02. The number of quaternary nitrogens is 1. The van der Waals surface area contributed by atoms with E-state index in [-0.39, 0.29) is 11.9 Å². The summed E-state index contributed by atoms with van der Waals surface area (Å²) in [4.78, 5) is 15.4. The largest absolute Gasteiger partial charge is 0.493 e. The molecule has 1 aromatic carbocycles. The van der Waals surface area contributed by atoms with Crippen molar-refractivity contribution in [3.05, 3.63) is 46.2 Å². The molecule has 0 radical (unpaired) electrons. The lowest BCUT2D eigenvalue weighted by molar-refractivity contribution is -0.937. The Kier molecular flexibility index (Phi) is 6.49. The number of methoxy groups -OCH3 is 2. The van der Waals surface area contributed by atoms with Crippen LogP contribution in [-0.4, -0.2) is 53.0 Å². The molecule has 7 heteroatoms. The number of hydrogen-bond donors (Lipinski definition) is 2. The summed E-state index contributed by atoms with van der Waals surface area (Å²) in [6, 6.07) is 9.64. The Bertz CT molecular complexity index is 714. The molecule has 0 spiro atoms. The van der Waals surface area contributed by atoms with Crippen molar-refractivity contribution < 1.29 is 23.9 Å². The highest BCUT2D eigenvalue weighted by molar-refractivity contribution is 7.10. The van der Waals surface area contributed by atoms with E-state index in [9.17, 15) is 4.79 Å². The van der Waals surface area contributed by atoms with Crippen LogP contribution in [-0.2, 0) is 4.74 Å². The molecule has 0 bridgehead atoms. The maximum absolute atomic E-state index is 12.6. The summed E-state index contributed by atoms with van der Waals surface area (Å²) in [5, 5.41) is 5.16. The van der Waals surface area contributed by atoms with Gasteiger partial charge in [0.2, 0.25) is 0 Å². The first-order valence-electron chi connectivity index (χ1n) is 8.69. The van der Waals surface area contributed by atoms with E-state index in [4.69, 9.17) is 14.2 Å². The SMILES string of the molecule is COc1ccc(C(=O)NC[C@H](c2cccs2)[NH+]2CCOCC2)cc1OC. The Morgan fingerprint density at radius 3 is 2.65 bits per heavy atom. The monoisotopic (exact) mass is 377 g/mol. The van der Waals surface area contributed by atoms with Crippen molar-refractivity contribution in [2.75, 3.05) is 47.1 Å². The molecule has 26 heavy (non-hydrogen) atoms. The number of carbonyl (C=O) groups excluding carboxylic acids is 1. The molecule has 1 fully saturated rings. The molecule has 0 aliphatic carbocycles. The topological polar surface area (TPSA) is 61.2 Å². The van der Waals surface area contributed by atoms with Crippen molar-refractivity contribution in [1.29, 1.82) is 0 Å². The molecule has 1 atom stereocenters. The Morgan fingerprint density at radius 1 is 1.23 bits per heavy atom. The summed E-state index contributed by atoms with van der Waals surface area (Å²) >= 11 is 1.73. The number of carbonyl (C=O) groups is 1. The molecule has 1 aliphatic rings. The first-order valence-corrected chi connectivity index (χ1v) is 9.57. The third kappa shape index (κ3) is 4.35. The summed E-state index contributed by atoms with van der Waals surface area (Å²) in [5.41, 5.74) is 0.560. The second kappa shape index (κ2) is 9.02. The third-order valence-corrected chi connectivity index (χ3v) is 5.61. The van der Waals surface area contributed by atoms with Crippen molar-refractivity contribution in [1.82, 2.24) is 5.32 Å². The number of amides is 1. The van der Waals surface area contributed by atoms with Crippen molar-refractivity contribution >= 4 is 17.2 Å². The van der Waals surface area contributed by atoms with E-state index < -0.39 is 0 Å². The van der Waals surface area contributed by atoms with E-state index in [0.717, 1.165) is 26.3 Å². The zero-order valence-electron chi connectivity index (χ0n) is 15.1. The molecule has 3 rings (SSSR count).